The van der Waals surface area contributed by atoms with E-state index in [1.807, 2.05) is 0 Å². The summed E-state index contributed by atoms with van der Waals surface area (Å²) in [5.74, 6) is -3.86. The van der Waals surface area contributed by atoms with Gasteiger partial charge in [-0.05, 0) is 12.1 Å². The van der Waals surface area contributed by atoms with Crippen molar-refractivity contribution < 1.29 is 34.1 Å². The number of carbonyl (C=O) groups excluding carboxylic acids is 3. The Hall–Kier alpha value is -4.11. The second-order valence-corrected chi connectivity index (χ2v) is 9.58. The minimum absolute atomic E-state index is 0.0857. The highest BCUT2D eigenvalue weighted by atomic mass is 16.6. The van der Waals surface area contributed by atoms with Crippen LogP contribution in [0, 0.1) is 10.8 Å². The summed E-state index contributed by atoms with van der Waals surface area (Å²) >= 11 is 0. The molecule has 0 bridgehead atoms. The van der Waals surface area contributed by atoms with Gasteiger partial charge in [0.2, 0.25) is 17.6 Å². The van der Waals surface area contributed by atoms with Gasteiger partial charge in [-0.15, -0.1) is 0 Å². The lowest BCUT2D eigenvalue weighted by atomic mass is 9.84. The van der Waals surface area contributed by atoms with E-state index in [2.05, 4.69) is 21.3 Å². The van der Waals surface area contributed by atoms with Gasteiger partial charge in [-0.25, -0.2) is 0 Å². The number of fused-ring (bicyclic) bond motifs is 1. The van der Waals surface area contributed by atoms with E-state index in [1.165, 1.54) is 11.0 Å². The molecule has 0 aromatic heterocycles. The molecule has 4 saturated heterocycles. The molecule has 196 valence electrons. The molecule has 3 amide bonds. The second kappa shape index (κ2) is 7.94. The molecule has 0 saturated carbocycles. The third-order valence-corrected chi connectivity index (χ3v) is 7.55. The average Bonchev–Trinajstić information content (AvgIpc) is 3.46. The minimum atomic E-state index is -2.69. The molecular weight excluding hydrogens is 488 g/mol. The normalized spacial score (nSPS) is 31.4. The number of hydrogen-bond donors (Lipinski definition) is 8. The standard InChI is InChI=1S/C22H26N8O7/c23-19-27-17-11(8-29-14(31)4-5-15(29)32)25-20(24)30-9-13(22(34,35)21(17,30)28-19)26-18(33)10-2-1-3-12-16(10)37-7-6-36-12/h1-3,11,13,17,34-35H,4-9H2,(H2,24,25)(H,26,33)(H3,23,27,28)/t11?,13-,17?,21?/m0/s1. The summed E-state index contributed by atoms with van der Waals surface area (Å²) in [6, 6.07) is 1.71. The lowest BCUT2D eigenvalue weighted by Gasteiger charge is -2.51. The average molecular weight is 514 g/mol. The van der Waals surface area contributed by atoms with E-state index in [9.17, 15) is 24.6 Å². The number of hydrogen-bond acceptors (Lipinski definition) is 9. The number of guanidine groups is 2. The summed E-state index contributed by atoms with van der Waals surface area (Å²) in [5, 5.41) is 51.0. The summed E-state index contributed by atoms with van der Waals surface area (Å²) < 4.78 is 11.1. The van der Waals surface area contributed by atoms with Crippen LogP contribution in [0.3, 0.4) is 0 Å². The van der Waals surface area contributed by atoms with Crippen molar-refractivity contribution in [2.45, 2.75) is 42.4 Å². The summed E-state index contributed by atoms with van der Waals surface area (Å²) in [6.07, 6.45) is 0.171. The Labute approximate surface area is 210 Å². The van der Waals surface area contributed by atoms with Crippen LogP contribution in [-0.2, 0) is 9.59 Å². The van der Waals surface area contributed by atoms with Crippen molar-refractivity contribution in [3.05, 3.63) is 23.8 Å². The van der Waals surface area contributed by atoms with Crippen molar-refractivity contribution in [3.8, 4) is 11.5 Å². The maximum atomic E-state index is 13.3. The summed E-state index contributed by atoms with van der Waals surface area (Å²) in [6.45, 7) is 0.269. The fraction of sp³-hybridized carbons (Fsp3) is 0.500. The van der Waals surface area contributed by atoms with Crippen molar-refractivity contribution in [1.82, 2.24) is 31.1 Å². The van der Waals surface area contributed by atoms with Gasteiger partial charge in [-0.2, -0.15) is 0 Å². The van der Waals surface area contributed by atoms with Crippen molar-refractivity contribution >= 4 is 29.6 Å². The number of nitrogens with zero attached hydrogens (tertiary/aromatic N) is 2. The topological polar surface area (TPSA) is 212 Å². The maximum absolute atomic E-state index is 13.3. The smallest absolute Gasteiger partial charge is 0.255 e. The molecule has 1 aromatic rings. The van der Waals surface area contributed by atoms with Gasteiger partial charge < -0.3 is 45.9 Å². The van der Waals surface area contributed by atoms with E-state index in [4.69, 9.17) is 20.3 Å². The number of rotatable bonds is 4. The predicted octanol–water partition coefficient (Wildman–Crippen LogP) is -3.20. The SMILES string of the molecule is N=C1NC2C(CN3C(=O)CCC3=O)NC(=N)N3C[C@H](NC(=O)c4cccc5c4OCCO5)C(O)(O)C23N1. The maximum Gasteiger partial charge on any atom is 0.255 e. The third kappa shape index (κ3) is 3.23. The van der Waals surface area contributed by atoms with E-state index < -0.39 is 35.5 Å². The molecule has 4 atom stereocenters. The van der Waals surface area contributed by atoms with Crippen LogP contribution in [-0.4, -0.2) is 106 Å². The van der Waals surface area contributed by atoms with Gasteiger partial charge >= 0.3 is 0 Å². The molecule has 0 aliphatic carbocycles. The number of aliphatic hydroxyl groups is 2. The molecule has 8 N–H and O–H groups in total. The summed E-state index contributed by atoms with van der Waals surface area (Å²) in [7, 11) is 0. The molecule has 15 heteroatoms. The van der Waals surface area contributed by atoms with Crippen LogP contribution >= 0.6 is 0 Å². The van der Waals surface area contributed by atoms with Gasteiger partial charge in [0.05, 0.1) is 24.2 Å². The largest absolute Gasteiger partial charge is 0.486 e. The molecule has 3 unspecified atom stereocenters. The number of ether oxygens (including phenoxy) is 2. The molecule has 6 rings (SSSR count). The number of amides is 3. The van der Waals surface area contributed by atoms with E-state index >= 15 is 0 Å². The number of nitrogens with one attached hydrogen (secondary N) is 6. The van der Waals surface area contributed by atoms with Gasteiger partial charge in [0.25, 0.3) is 5.91 Å². The van der Waals surface area contributed by atoms with Crippen molar-refractivity contribution in [3.63, 3.8) is 0 Å². The van der Waals surface area contributed by atoms with E-state index in [1.54, 1.807) is 12.1 Å². The Balaban J connectivity index is 1.31. The van der Waals surface area contributed by atoms with Gasteiger partial charge in [-0.3, -0.25) is 30.1 Å². The van der Waals surface area contributed by atoms with Crippen LogP contribution < -0.4 is 30.7 Å². The number of para-hydroxylation sites is 1. The van der Waals surface area contributed by atoms with Crippen LogP contribution in [0.1, 0.15) is 23.2 Å². The Morgan fingerprint density at radius 3 is 2.62 bits per heavy atom. The Morgan fingerprint density at radius 2 is 1.86 bits per heavy atom. The fourth-order valence-electron chi connectivity index (χ4n) is 5.84. The quantitative estimate of drug-likeness (QED) is 0.148. The van der Waals surface area contributed by atoms with Crippen LogP contribution in [0.15, 0.2) is 18.2 Å². The zero-order valence-electron chi connectivity index (χ0n) is 19.5. The Morgan fingerprint density at radius 1 is 1.14 bits per heavy atom. The molecule has 1 spiro atoms. The number of benzene rings is 1. The zero-order valence-corrected chi connectivity index (χ0v) is 19.5. The van der Waals surface area contributed by atoms with Gasteiger partial charge in [0, 0.05) is 19.4 Å². The molecule has 15 nitrogen and oxygen atoms in total. The summed E-state index contributed by atoms with van der Waals surface area (Å²) in [4.78, 5) is 40.1. The third-order valence-electron chi connectivity index (χ3n) is 7.55. The van der Waals surface area contributed by atoms with Gasteiger partial charge in [0.15, 0.2) is 29.1 Å². The molecule has 1 aromatic carbocycles. The lowest BCUT2D eigenvalue weighted by Crippen LogP contribution is -2.81. The summed E-state index contributed by atoms with van der Waals surface area (Å²) in [5.41, 5.74) is -1.70. The molecule has 5 aliphatic rings. The first-order valence-corrected chi connectivity index (χ1v) is 11.9. The van der Waals surface area contributed by atoms with Crippen molar-refractivity contribution in [2.24, 2.45) is 0 Å². The van der Waals surface area contributed by atoms with Gasteiger partial charge in [-0.1, -0.05) is 6.07 Å². The first kappa shape index (κ1) is 23.3. The lowest BCUT2D eigenvalue weighted by molar-refractivity contribution is -0.232. The number of imide groups is 1. The van der Waals surface area contributed by atoms with E-state index in [-0.39, 0.29) is 67.6 Å². The Kier molecular flexibility index (Phi) is 5.00. The monoisotopic (exact) mass is 514 g/mol. The predicted molar refractivity (Wildman–Crippen MR) is 124 cm³/mol. The fourth-order valence-corrected chi connectivity index (χ4v) is 5.84. The highest BCUT2D eigenvalue weighted by Gasteiger charge is 2.74. The minimum Gasteiger partial charge on any atom is -0.486 e. The van der Waals surface area contributed by atoms with Gasteiger partial charge in [0.1, 0.15) is 19.3 Å². The number of likely N-dealkylation sites (tertiary alicyclic amines) is 1. The molecule has 37 heavy (non-hydrogen) atoms. The molecule has 0 radical (unpaired) electrons. The van der Waals surface area contributed by atoms with Crippen molar-refractivity contribution in [1.29, 1.82) is 10.8 Å². The first-order valence-electron chi connectivity index (χ1n) is 11.9. The molecular formula is C22H26N8O7. The van der Waals surface area contributed by atoms with Crippen LogP contribution in [0.25, 0.3) is 0 Å². The first-order chi connectivity index (χ1) is 17.6. The van der Waals surface area contributed by atoms with Crippen LogP contribution in [0.4, 0.5) is 0 Å². The molecule has 5 aliphatic heterocycles. The highest BCUT2D eigenvalue weighted by molar-refractivity contribution is 6.02. The second-order valence-electron chi connectivity index (χ2n) is 9.58. The van der Waals surface area contributed by atoms with Crippen LogP contribution in [0.5, 0.6) is 11.5 Å². The highest BCUT2D eigenvalue weighted by Crippen LogP contribution is 2.43. The zero-order chi connectivity index (χ0) is 26.1. The van der Waals surface area contributed by atoms with E-state index in [0.717, 1.165) is 4.90 Å². The Bertz CT molecular complexity index is 1220. The molecule has 4 fully saturated rings. The van der Waals surface area contributed by atoms with Crippen molar-refractivity contribution in [2.75, 3.05) is 26.3 Å². The number of carbonyl (C=O) groups is 3. The van der Waals surface area contributed by atoms with E-state index in [0.29, 0.717) is 12.4 Å². The van der Waals surface area contributed by atoms with Crippen LogP contribution in [0.2, 0.25) is 0 Å². The molecule has 5 heterocycles.